The SMILES string of the molecule is O=C(OCC1=CCCC=C1)C1=C(c2ccccc2)C(=O)C2=CCCC=C2C1=O. The Hall–Kier alpha value is -3.27. The van der Waals surface area contributed by atoms with E-state index < -0.39 is 11.8 Å². The lowest BCUT2D eigenvalue weighted by Crippen LogP contribution is -2.30. The molecule has 0 saturated heterocycles. The fourth-order valence-corrected chi connectivity index (χ4v) is 3.67. The average Bonchev–Trinajstić information content (AvgIpc) is 2.75. The first-order valence-electron chi connectivity index (χ1n) is 9.49. The van der Waals surface area contributed by atoms with Crippen molar-refractivity contribution < 1.29 is 19.1 Å². The molecule has 140 valence electrons. The fourth-order valence-electron chi connectivity index (χ4n) is 3.67. The first kappa shape index (κ1) is 18.1. The van der Waals surface area contributed by atoms with Crippen LogP contribution in [0.2, 0.25) is 0 Å². The zero-order valence-corrected chi connectivity index (χ0v) is 15.4. The lowest BCUT2D eigenvalue weighted by molar-refractivity contribution is -0.139. The van der Waals surface area contributed by atoms with E-state index in [1.807, 2.05) is 24.3 Å². The molecule has 1 aromatic carbocycles. The number of benzene rings is 1. The minimum Gasteiger partial charge on any atom is -0.457 e. The van der Waals surface area contributed by atoms with E-state index in [9.17, 15) is 14.4 Å². The third kappa shape index (κ3) is 3.33. The van der Waals surface area contributed by atoms with E-state index in [-0.39, 0.29) is 23.5 Å². The van der Waals surface area contributed by atoms with Gasteiger partial charge in [-0.3, -0.25) is 9.59 Å². The van der Waals surface area contributed by atoms with E-state index in [0.29, 0.717) is 29.6 Å². The Morgan fingerprint density at radius 1 is 0.857 bits per heavy atom. The van der Waals surface area contributed by atoms with E-state index in [1.165, 1.54) is 0 Å². The molecule has 3 aliphatic carbocycles. The van der Waals surface area contributed by atoms with Crippen LogP contribution in [0.3, 0.4) is 0 Å². The van der Waals surface area contributed by atoms with E-state index in [2.05, 4.69) is 0 Å². The monoisotopic (exact) mass is 372 g/mol. The van der Waals surface area contributed by atoms with Gasteiger partial charge >= 0.3 is 5.97 Å². The summed E-state index contributed by atoms with van der Waals surface area (Å²) in [5, 5.41) is 0. The van der Waals surface area contributed by atoms with Gasteiger partial charge in [0.15, 0.2) is 5.78 Å². The van der Waals surface area contributed by atoms with Gasteiger partial charge in [0.05, 0.1) is 0 Å². The molecule has 0 radical (unpaired) electrons. The molecule has 0 N–H and O–H groups in total. The van der Waals surface area contributed by atoms with Crippen molar-refractivity contribution in [3.8, 4) is 0 Å². The number of Topliss-reactive ketones (excluding diaryl/α,β-unsaturated/α-hetero) is 2. The number of allylic oxidation sites excluding steroid dienone is 7. The van der Waals surface area contributed by atoms with Crippen molar-refractivity contribution in [2.24, 2.45) is 0 Å². The summed E-state index contributed by atoms with van der Waals surface area (Å²) < 4.78 is 5.44. The van der Waals surface area contributed by atoms with Crippen molar-refractivity contribution in [3.05, 3.63) is 88.6 Å². The van der Waals surface area contributed by atoms with Gasteiger partial charge in [0.25, 0.3) is 0 Å². The van der Waals surface area contributed by atoms with E-state index in [4.69, 9.17) is 4.74 Å². The number of hydrogen-bond acceptors (Lipinski definition) is 4. The van der Waals surface area contributed by atoms with Crippen molar-refractivity contribution >= 4 is 23.1 Å². The van der Waals surface area contributed by atoms with Gasteiger partial charge in [-0.05, 0) is 36.8 Å². The summed E-state index contributed by atoms with van der Waals surface area (Å²) in [5.74, 6) is -1.47. The molecule has 0 aromatic heterocycles. The minimum absolute atomic E-state index is 0.0874. The largest absolute Gasteiger partial charge is 0.457 e. The van der Waals surface area contributed by atoms with Gasteiger partial charge in [-0.2, -0.15) is 0 Å². The standard InChI is InChI=1S/C24H20O4/c25-22-18-13-7-8-14-19(18)23(26)21(20(22)17-11-5-2-6-12-17)24(27)28-15-16-9-3-1-4-10-16/h2-3,5-6,9-14H,1,4,7-8,15H2. The summed E-state index contributed by atoms with van der Waals surface area (Å²) in [6.07, 6.45) is 12.8. The number of carbonyl (C=O) groups is 3. The number of rotatable bonds is 4. The van der Waals surface area contributed by atoms with Crippen LogP contribution in [-0.2, 0) is 19.1 Å². The molecule has 3 aliphatic rings. The molecule has 0 bridgehead atoms. The number of ketones is 2. The quantitative estimate of drug-likeness (QED) is 0.591. The molecule has 0 unspecified atom stereocenters. The molecule has 4 nitrogen and oxygen atoms in total. The molecule has 0 atom stereocenters. The summed E-state index contributed by atoms with van der Waals surface area (Å²) >= 11 is 0. The zero-order chi connectivity index (χ0) is 19.5. The molecule has 1 aromatic rings. The smallest absolute Gasteiger partial charge is 0.343 e. The van der Waals surface area contributed by atoms with Crippen LogP contribution in [0.4, 0.5) is 0 Å². The van der Waals surface area contributed by atoms with Crippen molar-refractivity contribution in [1.29, 1.82) is 0 Å². The third-order valence-electron chi connectivity index (χ3n) is 5.06. The maximum Gasteiger partial charge on any atom is 0.343 e. The molecule has 0 spiro atoms. The molecule has 4 rings (SSSR count). The van der Waals surface area contributed by atoms with Crippen LogP contribution >= 0.6 is 0 Å². The van der Waals surface area contributed by atoms with Crippen molar-refractivity contribution in [3.63, 3.8) is 0 Å². The van der Waals surface area contributed by atoms with E-state index >= 15 is 0 Å². The van der Waals surface area contributed by atoms with E-state index in [0.717, 1.165) is 18.4 Å². The molecule has 0 saturated carbocycles. The average molecular weight is 372 g/mol. The minimum atomic E-state index is -0.748. The number of fused-ring (bicyclic) bond motifs is 1. The van der Waals surface area contributed by atoms with Crippen LogP contribution in [-0.4, -0.2) is 24.1 Å². The van der Waals surface area contributed by atoms with Crippen molar-refractivity contribution in [2.75, 3.05) is 6.61 Å². The summed E-state index contributed by atoms with van der Waals surface area (Å²) in [5.41, 5.74) is 2.13. The Kier molecular flexibility index (Phi) is 5.02. The Morgan fingerprint density at radius 2 is 1.54 bits per heavy atom. The summed E-state index contributed by atoms with van der Waals surface area (Å²) in [6.45, 7) is 0.0874. The Bertz CT molecular complexity index is 1000. The van der Waals surface area contributed by atoms with Crippen molar-refractivity contribution in [2.45, 2.75) is 25.7 Å². The van der Waals surface area contributed by atoms with Crippen LogP contribution in [0.5, 0.6) is 0 Å². The molecular weight excluding hydrogens is 352 g/mol. The van der Waals surface area contributed by atoms with Crippen LogP contribution in [0, 0.1) is 0 Å². The third-order valence-corrected chi connectivity index (χ3v) is 5.06. The lowest BCUT2D eigenvalue weighted by Gasteiger charge is -2.24. The van der Waals surface area contributed by atoms with Gasteiger partial charge in [-0.25, -0.2) is 4.79 Å². The van der Waals surface area contributed by atoms with Crippen molar-refractivity contribution in [1.82, 2.24) is 0 Å². The predicted octanol–water partition coefficient (Wildman–Crippen LogP) is 4.06. The van der Waals surface area contributed by atoms with Gasteiger partial charge < -0.3 is 4.74 Å². The van der Waals surface area contributed by atoms with E-state index in [1.54, 1.807) is 36.4 Å². The first-order chi connectivity index (χ1) is 13.7. The Morgan fingerprint density at radius 3 is 2.21 bits per heavy atom. The summed E-state index contributed by atoms with van der Waals surface area (Å²) in [6, 6.07) is 8.85. The van der Waals surface area contributed by atoms with Crippen LogP contribution in [0.15, 0.2) is 83.0 Å². The van der Waals surface area contributed by atoms with Gasteiger partial charge in [-0.15, -0.1) is 0 Å². The number of carbonyl (C=O) groups excluding carboxylic acids is 3. The molecular formula is C24H20O4. The zero-order valence-electron chi connectivity index (χ0n) is 15.4. The molecule has 0 heterocycles. The maximum absolute atomic E-state index is 13.2. The number of esters is 1. The normalized spacial score (nSPS) is 18.9. The van der Waals surface area contributed by atoms with Gasteiger partial charge in [0.2, 0.25) is 5.78 Å². The number of hydrogen-bond donors (Lipinski definition) is 0. The second-order valence-electron chi connectivity index (χ2n) is 6.92. The molecule has 4 heteroatoms. The fraction of sp³-hybridized carbons (Fsp3) is 0.208. The topological polar surface area (TPSA) is 60.4 Å². The van der Waals surface area contributed by atoms with Crippen LogP contribution in [0.25, 0.3) is 5.57 Å². The number of ether oxygens (including phenoxy) is 1. The second kappa shape index (κ2) is 7.77. The highest BCUT2D eigenvalue weighted by Gasteiger charge is 2.39. The summed E-state index contributed by atoms with van der Waals surface area (Å²) in [4.78, 5) is 39.2. The maximum atomic E-state index is 13.2. The highest BCUT2D eigenvalue weighted by molar-refractivity contribution is 6.48. The summed E-state index contributed by atoms with van der Waals surface area (Å²) in [7, 11) is 0. The Labute approximate surface area is 163 Å². The Balaban J connectivity index is 1.75. The molecule has 0 amide bonds. The molecule has 28 heavy (non-hydrogen) atoms. The van der Waals surface area contributed by atoms with Gasteiger partial charge in [0, 0.05) is 16.7 Å². The van der Waals surface area contributed by atoms with Crippen LogP contribution < -0.4 is 0 Å². The second-order valence-corrected chi connectivity index (χ2v) is 6.92. The molecule has 0 fully saturated rings. The molecule has 0 aliphatic heterocycles. The highest BCUT2D eigenvalue weighted by atomic mass is 16.5. The van der Waals surface area contributed by atoms with Gasteiger partial charge in [-0.1, -0.05) is 60.7 Å². The lowest BCUT2D eigenvalue weighted by atomic mass is 9.77. The highest BCUT2D eigenvalue weighted by Crippen LogP contribution is 2.36. The first-order valence-corrected chi connectivity index (χ1v) is 9.49. The predicted molar refractivity (Wildman–Crippen MR) is 106 cm³/mol. The van der Waals surface area contributed by atoms with Crippen LogP contribution in [0.1, 0.15) is 31.2 Å². The van der Waals surface area contributed by atoms with Gasteiger partial charge in [0.1, 0.15) is 12.2 Å².